The molecule has 1 saturated heterocycles. The number of rotatable bonds is 6. The molecule has 3 rings (SSSR count). The molecule has 1 aliphatic rings. The fourth-order valence-corrected chi connectivity index (χ4v) is 3.88. The summed E-state index contributed by atoms with van der Waals surface area (Å²) in [4.78, 5) is 12.4. The van der Waals surface area contributed by atoms with Crippen molar-refractivity contribution in [1.29, 1.82) is 0 Å². The van der Waals surface area contributed by atoms with Crippen molar-refractivity contribution >= 4 is 21.4 Å². The summed E-state index contributed by atoms with van der Waals surface area (Å²) in [5.41, 5.74) is 1.72. The van der Waals surface area contributed by atoms with Crippen LogP contribution in [0.1, 0.15) is 18.4 Å². The molecular formula is C17H19N3O4S. The second-order valence-electron chi connectivity index (χ2n) is 5.94. The molecule has 0 aliphatic carbocycles. The maximum Gasteiger partial charge on any atom is 0.270 e. The van der Waals surface area contributed by atoms with Gasteiger partial charge in [0.15, 0.2) is 0 Å². The molecule has 1 fully saturated rings. The van der Waals surface area contributed by atoms with Crippen LogP contribution in [-0.2, 0) is 16.6 Å². The van der Waals surface area contributed by atoms with E-state index in [1.165, 1.54) is 31.0 Å². The molecule has 132 valence electrons. The van der Waals surface area contributed by atoms with Crippen molar-refractivity contribution < 1.29 is 13.3 Å². The first-order chi connectivity index (χ1) is 12.0. The molecule has 0 saturated carbocycles. The summed E-state index contributed by atoms with van der Waals surface area (Å²) in [6.45, 7) is 2.24. The molecular weight excluding hydrogens is 342 g/mol. The van der Waals surface area contributed by atoms with Gasteiger partial charge in [-0.2, -0.15) is 0 Å². The average Bonchev–Trinajstić information content (AvgIpc) is 3.15. The van der Waals surface area contributed by atoms with Crippen LogP contribution >= 0.6 is 0 Å². The molecule has 0 bridgehead atoms. The fraction of sp³-hybridized carbons (Fsp3) is 0.294. The van der Waals surface area contributed by atoms with Gasteiger partial charge in [-0.3, -0.25) is 10.1 Å². The molecule has 0 amide bonds. The minimum Gasteiger partial charge on any atom is -0.372 e. The molecule has 0 spiro atoms. The quantitative estimate of drug-likeness (QED) is 0.631. The van der Waals surface area contributed by atoms with Crippen LogP contribution in [0.4, 0.5) is 11.4 Å². The minimum absolute atomic E-state index is 0.115. The van der Waals surface area contributed by atoms with Crippen LogP contribution in [0.25, 0.3) is 0 Å². The van der Waals surface area contributed by atoms with E-state index in [0.717, 1.165) is 30.4 Å². The van der Waals surface area contributed by atoms with Crippen LogP contribution in [0.15, 0.2) is 53.4 Å². The summed E-state index contributed by atoms with van der Waals surface area (Å²) in [7, 11) is -3.81. The smallest absolute Gasteiger partial charge is 0.270 e. The maximum absolute atomic E-state index is 12.3. The number of hydrogen-bond acceptors (Lipinski definition) is 5. The highest BCUT2D eigenvalue weighted by Crippen LogP contribution is 2.21. The van der Waals surface area contributed by atoms with E-state index in [-0.39, 0.29) is 17.1 Å². The van der Waals surface area contributed by atoms with Crippen molar-refractivity contribution in [2.75, 3.05) is 18.0 Å². The van der Waals surface area contributed by atoms with Gasteiger partial charge in [0.1, 0.15) is 0 Å². The zero-order valence-electron chi connectivity index (χ0n) is 13.6. The number of nitrogens with zero attached hydrogens (tertiary/aromatic N) is 2. The molecule has 0 radical (unpaired) electrons. The van der Waals surface area contributed by atoms with E-state index in [1.54, 1.807) is 0 Å². The second-order valence-corrected chi connectivity index (χ2v) is 7.71. The molecule has 2 aromatic carbocycles. The predicted octanol–water partition coefficient (Wildman–Crippen LogP) is 2.67. The van der Waals surface area contributed by atoms with Crippen molar-refractivity contribution in [1.82, 2.24) is 4.72 Å². The summed E-state index contributed by atoms with van der Waals surface area (Å²) < 4.78 is 27.1. The lowest BCUT2D eigenvalue weighted by Gasteiger charge is -2.17. The van der Waals surface area contributed by atoms with Gasteiger partial charge in [-0.25, -0.2) is 13.1 Å². The lowest BCUT2D eigenvalue weighted by molar-refractivity contribution is -0.385. The normalized spacial score (nSPS) is 14.6. The van der Waals surface area contributed by atoms with Crippen LogP contribution < -0.4 is 9.62 Å². The van der Waals surface area contributed by atoms with Gasteiger partial charge in [0, 0.05) is 37.5 Å². The molecule has 0 aromatic heterocycles. The van der Waals surface area contributed by atoms with Gasteiger partial charge in [0.05, 0.1) is 9.82 Å². The first-order valence-corrected chi connectivity index (χ1v) is 9.52. The predicted molar refractivity (Wildman–Crippen MR) is 95.0 cm³/mol. The van der Waals surface area contributed by atoms with E-state index >= 15 is 0 Å². The van der Waals surface area contributed by atoms with Crippen LogP contribution in [0.5, 0.6) is 0 Å². The third-order valence-corrected chi connectivity index (χ3v) is 5.61. The third kappa shape index (κ3) is 4.15. The number of benzene rings is 2. The van der Waals surface area contributed by atoms with Crippen LogP contribution in [0.2, 0.25) is 0 Å². The van der Waals surface area contributed by atoms with Gasteiger partial charge < -0.3 is 4.90 Å². The van der Waals surface area contributed by atoms with Crippen LogP contribution in [0, 0.1) is 10.1 Å². The first kappa shape index (κ1) is 17.4. The Hall–Kier alpha value is -2.45. The van der Waals surface area contributed by atoms with Crippen molar-refractivity contribution in [3.05, 3.63) is 64.2 Å². The zero-order chi connectivity index (χ0) is 17.9. The van der Waals surface area contributed by atoms with Crippen LogP contribution in [0.3, 0.4) is 0 Å². The molecule has 8 heteroatoms. The largest absolute Gasteiger partial charge is 0.372 e. The summed E-state index contributed by atoms with van der Waals surface area (Å²) in [5.74, 6) is 0. The highest BCUT2D eigenvalue weighted by Gasteiger charge is 2.17. The van der Waals surface area contributed by atoms with E-state index < -0.39 is 14.9 Å². The highest BCUT2D eigenvalue weighted by atomic mass is 32.2. The monoisotopic (exact) mass is 361 g/mol. The number of sulfonamides is 1. The molecule has 7 nitrogen and oxygen atoms in total. The van der Waals surface area contributed by atoms with Crippen molar-refractivity contribution in [2.45, 2.75) is 24.3 Å². The SMILES string of the molecule is O=[N+]([O-])c1cccc(S(=O)(=O)NCc2ccc(N3CCCC3)cc2)c1. The van der Waals surface area contributed by atoms with Gasteiger partial charge in [-0.05, 0) is 36.6 Å². The number of nitro groups is 1. The van der Waals surface area contributed by atoms with E-state index in [0.29, 0.717) is 0 Å². The number of nitrogens with one attached hydrogen (secondary N) is 1. The van der Waals surface area contributed by atoms with E-state index in [4.69, 9.17) is 0 Å². The number of hydrogen-bond donors (Lipinski definition) is 1. The highest BCUT2D eigenvalue weighted by molar-refractivity contribution is 7.89. The van der Waals surface area contributed by atoms with Gasteiger partial charge in [0.2, 0.25) is 10.0 Å². The first-order valence-electron chi connectivity index (χ1n) is 8.04. The lowest BCUT2D eigenvalue weighted by atomic mass is 10.2. The van der Waals surface area contributed by atoms with Gasteiger partial charge in [-0.1, -0.05) is 18.2 Å². The Morgan fingerprint density at radius 2 is 1.76 bits per heavy atom. The fourth-order valence-electron chi connectivity index (χ4n) is 2.83. The molecule has 2 aromatic rings. The number of non-ortho nitro benzene ring substituents is 1. The summed E-state index contributed by atoms with van der Waals surface area (Å²) >= 11 is 0. The molecule has 1 heterocycles. The Labute approximate surface area is 146 Å². The molecule has 0 atom stereocenters. The second kappa shape index (κ2) is 7.20. The Morgan fingerprint density at radius 3 is 2.40 bits per heavy atom. The van der Waals surface area contributed by atoms with E-state index in [1.807, 2.05) is 24.3 Å². The number of anilines is 1. The molecule has 1 aliphatic heterocycles. The van der Waals surface area contributed by atoms with Gasteiger partial charge in [0.25, 0.3) is 5.69 Å². The van der Waals surface area contributed by atoms with Crippen molar-refractivity contribution in [3.8, 4) is 0 Å². The molecule has 0 unspecified atom stereocenters. The molecule has 25 heavy (non-hydrogen) atoms. The molecule has 1 N–H and O–H groups in total. The van der Waals surface area contributed by atoms with Crippen molar-refractivity contribution in [3.63, 3.8) is 0 Å². The standard InChI is InChI=1S/C17H19N3O4S/c21-20(22)16-4-3-5-17(12-16)25(23,24)18-13-14-6-8-15(9-7-14)19-10-1-2-11-19/h3-9,12,18H,1-2,10-11,13H2. The van der Waals surface area contributed by atoms with Gasteiger partial charge in [-0.15, -0.1) is 0 Å². The Kier molecular flexibility index (Phi) is 5.00. The van der Waals surface area contributed by atoms with E-state index in [9.17, 15) is 18.5 Å². The summed E-state index contributed by atoms with van der Waals surface area (Å²) in [5, 5.41) is 10.8. The zero-order valence-corrected chi connectivity index (χ0v) is 14.4. The van der Waals surface area contributed by atoms with Crippen molar-refractivity contribution in [2.24, 2.45) is 0 Å². The average molecular weight is 361 g/mol. The maximum atomic E-state index is 12.3. The Bertz CT molecular complexity index is 860. The minimum atomic E-state index is -3.81. The third-order valence-electron chi connectivity index (χ3n) is 4.21. The number of nitro benzene ring substituents is 1. The Balaban J connectivity index is 1.67. The van der Waals surface area contributed by atoms with Crippen LogP contribution in [-0.4, -0.2) is 26.4 Å². The van der Waals surface area contributed by atoms with Gasteiger partial charge >= 0.3 is 0 Å². The Morgan fingerprint density at radius 1 is 1.08 bits per heavy atom. The lowest BCUT2D eigenvalue weighted by Crippen LogP contribution is -2.23. The topological polar surface area (TPSA) is 92.5 Å². The summed E-state index contributed by atoms with van der Waals surface area (Å²) in [6, 6.07) is 12.8. The summed E-state index contributed by atoms with van der Waals surface area (Å²) in [6.07, 6.45) is 2.40. The van der Waals surface area contributed by atoms with E-state index in [2.05, 4.69) is 9.62 Å².